The van der Waals surface area contributed by atoms with Crippen LogP contribution in [0.1, 0.15) is 11.1 Å². The van der Waals surface area contributed by atoms with Crippen molar-refractivity contribution in [3.8, 4) is 16.9 Å². The van der Waals surface area contributed by atoms with E-state index in [2.05, 4.69) is 10.3 Å². The van der Waals surface area contributed by atoms with Gasteiger partial charge in [0.1, 0.15) is 12.4 Å². The zero-order valence-corrected chi connectivity index (χ0v) is 15.1. The number of carbonyl (C=O) groups is 1. The van der Waals surface area contributed by atoms with E-state index in [-0.39, 0.29) is 12.3 Å². The van der Waals surface area contributed by atoms with Crippen molar-refractivity contribution < 1.29 is 9.53 Å². The molecule has 4 nitrogen and oxygen atoms in total. The molecular weight excluding hydrogens is 371 g/mol. The van der Waals surface area contributed by atoms with Gasteiger partial charge < -0.3 is 10.1 Å². The van der Waals surface area contributed by atoms with Crippen LogP contribution in [0.5, 0.6) is 5.75 Å². The highest BCUT2D eigenvalue weighted by molar-refractivity contribution is 6.36. The highest BCUT2D eigenvalue weighted by Crippen LogP contribution is 2.38. The topological polar surface area (TPSA) is 51.2 Å². The van der Waals surface area contributed by atoms with Crippen LogP contribution < -0.4 is 10.1 Å². The van der Waals surface area contributed by atoms with Crippen molar-refractivity contribution in [2.75, 3.05) is 5.32 Å². The van der Waals surface area contributed by atoms with E-state index in [4.69, 9.17) is 27.9 Å². The summed E-state index contributed by atoms with van der Waals surface area (Å²) in [6.07, 6.45) is 3.67. The third-order valence-corrected chi connectivity index (χ3v) is 4.95. The summed E-state index contributed by atoms with van der Waals surface area (Å²) in [5.41, 5.74) is 4.41. The third kappa shape index (κ3) is 3.26. The zero-order valence-electron chi connectivity index (χ0n) is 13.6. The van der Waals surface area contributed by atoms with E-state index in [0.29, 0.717) is 27.9 Å². The largest absolute Gasteiger partial charge is 0.488 e. The first-order chi connectivity index (χ1) is 12.6. The molecule has 2 heterocycles. The maximum absolute atomic E-state index is 12.4. The summed E-state index contributed by atoms with van der Waals surface area (Å²) in [7, 11) is 0. The predicted molar refractivity (Wildman–Crippen MR) is 103 cm³/mol. The SMILES string of the molecule is O=C(Cc1c(Cl)cccc1Cl)Nc1ccc2c(c1)OCc1cnccc1-2. The Morgan fingerprint density at radius 3 is 2.73 bits per heavy atom. The molecule has 0 atom stereocenters. The second-order valence-corrected chi connectivity index (χ2v) is 6.77. The Balaban J connectivity index is 1.54. The van der Waals surface area contributed by atoms with Gasteiger partial charge >= 0.3 is 0 Å². The van der Waals surface area contributed by atoms with Crippen LogP contribution in [0, 0.1) is 0 Å². The molecule has 26 heavy (non-hydrogen) atoms. The number of rotatable bonds is 3. The fourth-order valence-electron chi connectivity index (χ4n) is 2.97. The van der Waals surface area contributed by atoms with E-state index < -0.39 is 0 Å². The van der Waals surface area contributed by atoms with Gasteiger partial charge in [-0.1, -0.05) is 29.3 Å². The van der Waals surface area contributed by atoms with Gasteiger partial charge in [-0.15, -0.1) is 0 Å². The summed E-state index contributed by atoms with van der Waals surface area (Å²) >= 11 is 12.3. The van der Waals surface area contributed by atoms with Gasteiger partial charge in [0.25, 0.3) is 0 Å². The van der Waals surface area contributed by atoms with E-state index in [9.17, 15) is 4.79 Å². The number of ether oxygens (including phenoxy) is 1. The third-order valence-electron chi connectivity index (χ3n) is 4.24. The predicted octanol–water partition coefficient (Wildman–Crippen LogP) is 5.13. The van der Waals surface area contributed by atoms with Crippen molar-refractivity contribution in [2.45, 2.75) is 13.0 Å². The first-order valence-corrected chi connectivity index (χ1v) is 8.80. The van der Waals surface area contributed by atoms with E-state index >= 15 is 0 Å². The van der Waals surface area contributed by atoms with Gasteiger partial charge in [0.15, 0.2) is 0 Å². The summed E-state index contributed by atoms with van der Waals surface area (Å²) in [5.74, 6) is 0.539. The quantitative estimate of drug-likeness (QED) is 0.680. The monoisotopic (exact) mass is 384 g/mol. The number of hydrogen-bond donors (Lipinski definition) is 1. The molecule has 4 rings (SSSR count). The van der Waals surface area contributed by atoms with E-state index in [1.165, 1.54) is 0 Å². The van der Waals surface area contributed by atoms with E-state index in [0.717, 1.165) is 22.4 Å². The number of benzene rings is 2. The number of amides is 1. The van der Waals surface area contributed by atoms with Gasteiger partial charge in [-0.3, -0.25) is 9.78 Å². The highest BCUT2D eigenvalue weighted by Gasteiger charge is 2.18. The van der Waals surface area contributed by atoms with Gasteiger partial charge in [-0.25, -0.2) is 0 Å². The molecule has 0 fully saturated rings. The summed E-state index contributed by atoms with van der Waals surface area (Å²) in [6, 6.07) is 12.8. The minimum Gasteiger partial charge on any atom is -0.488 e. The van der Waals surface area contributed by atoms with Gasteiger partial charge in [0, 0.05) is 45.3 Å². The van der Waals surface area contributed by atoms with Gasteiger partial charge in [0.2, 0.25) is 5.91 Å². The van der Waals surface area contributed by atoms with Crippen LogP contribution in [0.25, 0.3) is 11.1 Å². The molecule has 1 amide bonds. The summed E-state index contributed by atoms with van der Waals surface area (Å²) in [6.45, 7) is 0.461. The lowest BCUT2D eigenvalue weighted by atomic mass is 9.98. The van der Waals surface area contributed by atoms with Crippen LogP contribution in [0.3, 0.4) is 0 Å². The van der Waals surface area contributed by atoms with E-state index in [1.807, 2.05) is 24.3 Å². The van der Waals surface area contributed by atoms with E-state index in [1.54, 1.807) is 30.6 Å². The number of hydrogen-bond acceptors (Lipinski definition) is 3. The molecule has 0 spiro atoms. The Morgan fingerprint density at radius 1 is 1.12 bits per heavy atom. The number of nitrogens with one attached hydrogen (secondary N) is 1. The number of fused-ring (bicyclic) bond motifs is 3. The van der Waals surface area contributed by atoms with Crippen molar-refractivity contribution in [2.24, 2.45) is 0 Å². The smallest absolute Gasteiger partial charge is 0.228 e. The fraction of sp³-hybridized carbons (Fsp3) is 0.100. The minimum atomic E-state index is -0.194. The molecule has 0 bridgehead atoms. The minimum absolute atomic E-state index is 0.102. The van der Waals surface area contributed by atoms with Crippen LogP contribution in [0.4, 0.5) is 5.69 Å². The first kappa shape index (κ1) is 16.9. The molecule has 2 aromatic carbocycles. The van der Waals surface area contributed by atoms with Crippen molar-refractivity contribution in [3.05, 3.63) is 76.0 Å². The molecule has 130 valence electrons. The van der Waals surface area contributed by atoms with Crippen molar-refractivity contribution in [1.82, 2.24) is 4.98 Å². The average molecular weight is 385 g/mol. The maximum atomic E-state index is 12.4. The molecule has 6 heteroatoms. The number of carbonyl (C=O) groups excluding carboxylic acids is 1. The molecular formula is C20H14Cl2N2O2. The van der Waals surface area contributed by atoms with Gasteiger partial charge in [-0.2, -0.15) is 0 Å². The number of pyridine rings is 1. The molecule has 1 aromatic heterocycles. The van der Waals surface area contributed by atoms with Crippen LogP contribution in [-0.2, 0) is 17.8 Å². The Kier molecular flexibility index (Phi) is 4.53. The molecule has 0 radical (unpaired) electrons. The summed E-state index contributed by atoms with van der Waals surface area (Å²) in [4.78, 5) is 16.5. The number of anilines is 1. The Bertz CT molecular complexity index is 985. The summed E-state index contributed by atoms with van der Waals surface area (Å²) < 4.78 is 5.80. The summed E-state index contributed by atoms with van der Waals surface area (Å²) in [5, 5.41) is 3.83. The lowest BCUT2D eigenvalue weighted by molar-refractivity contribution is -0.115. The number of aromatic nitrogens is 1. The fourth-order valence-corrected chi connectivity index (χ4v) is 3.50. The Morgan fingerprint density at radius 2 is 1.92 bits per heavy atom. The molecule has 0 unspecified atom stereocenters. The zero-order chi connectivity index (χ0) is 18.1. The lowest BCUT2D eigenvalue weighted by Gasteiger charge is -2.21. The van der Waals surface area contributed by atoms with Crippen molar-refractivity contribution >= 4 is 34.8 Å². The number of nitrogens with zero attached hydrogens (tertiary/aromatic N) is 1. The lowest BCUT2D eigenvalue weighted by Crippen LogP contribution is -2.15. The Labute approximate surface area is 160 Å². The highest BCUT2D eigenvalue weighted by atomic mass is 35.5. The maximum Gasteiger partial charge on any atom is 0.228 e. The van der Waals surface area contributed by atoms with Crippen molar-refractivity contribution in [1.29, 1.82) is 0 Å². The van der Waals surface area contributed by atoms with Gasteiger partial charge in [-0.05, 0) is 41.5 Å². The molecule has 1 aliphatic heterocycles. The second kappa shape index (κ2) is 6.98. The number of halogens is 2. The van der Waals surface area contributed by atoms with Crippen LogP contribution in [-0.4, -0.2) is 10.9 Å². The molecule has 0 aliphatic carbocycles. The van der Waals surface area contributed by atoms with Gasteiger partial charge in [0.05, 0.1) is 6.42 Å². The first-order valence-electron chi connectivity index (χ1n) is 8.04. The second-order valence-electron chi connectivity index (χ2n) is 5.96. The molecule has 1 aliphatic rings. The van der Waals surface area contributed by atoms with Crippen LogP contribution in [0.15, 0.2) is 54.9 Å². The average Bonchev–Trinajstić information content (AvgIpc) is 2.64. The normalized spacial score (nSPS) is 11.9. The molecule has 0 saturated carbocycles. The molecule has 1 N–H and O–H groups in total. The Hall–Kier alpha value is -2.56. The van der Waals surface area contributed by atoms with Crippen LogP contribution in [0.2, 0.25) is 10.0 Å². The van der Waals surface area contributed by atoms with Crippen molar-refractivity contribution in [3.63, 3.8) is 0 Å². The molecule has 3 aromatic rings. The standard InChI is InChI=1S/C20H14Cl2N2O2/c21-17-2-1-3-18(22)16(17)9-20(25)24-13-4-5-15-14-6-7-23-10-12(14)11-26-19(15)8-13/h1-8,10H,9,11H2,(H,24,25). The molecule has 0 saturated heterocycles. The van der Waals surface area contributed by atoms with Crippen LogP contribution >= 0.6 is 23.2 Å².